The SMILES string of the molecule is CC(C)CSc1ccc(Cl)cc1CN. The highest BCUT2D eigenvalue weighted by atomic mass is 35.5. The highest BCUT2D eigenvalue weighted by molar-refractivity contribution is 7.99. The van der Waals surface area contributed by atoms with Gasteiger partial charge in [-0.05, 0) is 29.7 Å². The first-order valence-corrected chi connectivity index (χ1v) is 6.11. The summed E-state index contributed by atoms with van der Waals surface area (Å²) in [7, 11) is 0. The Hall–Kier alpha value is -0.180. The third-order valence-electron chi connectivity index (χ3n) is 1.81. The molecule has 0 unspecified atom stereocenters. The normalized spacial score (nSPS) is 10.9. The monoisotopic (exact) mass is 229 g/mol. The van der Waals surface area contributed by atoms with Crippen LogP contribution in [0.3, 0.4) is 0 Å². The van der Waals surface area contributed by atoms with Crippen molar-refractivity contribution in [3.8, 4) is 0 Å². The van der Waals surface area contributed by atoms with Gasteiger partial charge in [0.15, 0.2) is 0 Å². The Morgan fingerprint density at radius 2 is 2.14 bits per heavy atom. The highest BCUT2D eigenvalue weighted by Gasteiger charge is 2.03. The number of nitrogens with two attached hydrogens (primary N) is 1. The number of thioether (sulfide) groups is 1. The fourth-order valence-electron chi connectivity index (χ4n) is 1.10. The van der Waals surface area contributed by atoms with Crippen LogP contribution in [-0.2, 0) is 6.54 Å². The van der Waals surface area contributed by atoms with Crippen LogP contribution in [0.2, 0.25) is 5.02 Å². The van der Waals surface area contributed by atoms with Gasteiger partial charge in [0.2, 0.25) is 0 Å². The Balaban J connectivity index is 2.75. The molecule has 0 heterocycles. The van der Waals surface area contributed by atoms with Crippen LogP contribution in [-0.4, -0.2) is 5.75 Å². The lowest BCUT2D eigenvalue weighted by Gasteiger charge is -2.09. The van der Waals surface area contributed by atoms with Gasteiger partial charge in [-0.2, -0.15) is 0 Å². The highest BCUT2D eigenvalue weighted by Crippen LogP contribution is 2.26. The number of hydrogen-bond acceptors (Lipinski definition) is 2. The Kier molecular flexibility index (Phi) is 4.79. The molecule has 0 aliphatic rings. The summed E-state index contributed by atoms with van der Waals surface area (Å²) in [6, 6.07) is 5.92. The molecule has 1 rings (SSSR count). The van der Waals surface area contributed by atoms with Crippen molar-refractivity contribution in [1.82, 2.24) is 0 Å². The molecule has 0 bridgehead atoms. The Labute approximate surface area is 95.0 Å². The first-order valence-electron chi connectivity index (χ1n) is 4.74. The van der Waals surface area contributed by atoms with Gasteiger partial charge in [-0.3, -0.25) is 0 Å². The summed E-state index contributed by atoms with van der Waals surface area (Å²) in [6.07, 6.45) is 0. The summed E-state index contributed by atoms with van der Waals surface area (Å²) >= 11 is 7.74. The fourth-order valence-corrected chi connectivity index (χ4v) is 2.30. The van der Waals surface area contributed by atoms with Crippen molar-refractivity contribution in [3.05, 3.63) is 28.8 Å². The maximum atomic E-state index is 5.89. The second kappa shape index (κ2) is 5.64. The Morgan fingerprint density at radius 1 is 1.43 bits per heavy atom. The molecule has 0 spiro atoms. The van der Waals surface area contributed by atoms with Gasteiger partial charge in [-0.1, -0.05) is 25.4 Å². The molecule has 3 heteroatoms. The van der Waals surface area contributed by atoms with E-state index in [9.17, 15) is 0 Å². The quantitative estimate of drug-likeness (QED) is 0.800. The van der Waals surface area contributed by atoms with Gasteiger partial charge in [-0.15, -0.1) is 11.8 Å². The molecular weight excluding hydrogens is 214 g/mol. The van der Waals surface area contributed by atoms with Crippen LogP contribution in [0.25, 0.3) is 0 Å². The van der Waals surface area contributed by atoms with E-state index in [0.29, 0.717) is 12.5 Å². The number of benzene rings is 1. The molecule has 14 heavy (non-hydrogen) atoms. The lowest BCUT2D eigenvalue weighted by molar-refractivity contribution is 0.750. The lowest BCUT2D eigenvalue weighted by atomic mass is 10.2. The zero-order valence-electron chi connectivity index (χ0n) is 8.59. The molecule has 0 atom stereocenters. The molecule has 1 nitrogen and oxygen atoms in total. The van der Waals surface area contributed by atoms with Crippen molar-refractivity contribution in [3.63, 3.8) is 0 Å². The van der Waals surface area contributed by atoms with Gasteiger partial charge in [0.05, 0.1) is 0 Å². The Morgan fingerprint density at radius 3 is 2.71 bits per heavy atom. The van der Waals surface area contributed by atoms with E-state index in [1.54, 1.807) is 0 Å². The topological polar surface area (TPSA) is 26.0 Å². The number of hydrogen-bond donors (Lipinski definition) is 1. The van der Waals surface area contributed by atoms with Crippen molar-refractivity contribution in [2.75, 3.05) is 5.75 Å². The van der Waals surface area contributed by atoms with Crippen molar-refractivity contribution >= 4 is 23.4 Å². The second-order valence-electron chi connectivity index (χ2n) is 3.66. The molecule has 0 amide bonds. The van der Waals surface area contributed by atoms with E-state index in [2.05, 4.69) is 19.9 Å². The lowest BCUT2D eigenvalue weighted by Crippen LogP contribution is -1.99. The van der Waals surface area contributed by atoms with Crippen LogP contribution in [0.15, 0.2) is 23.1 Å². The first kappa shape index (κ1) is 11.9. The molecule has 0 saturated heterocycles. The summed E-state index contributed by atoms with van der Waals surface area (Å²) in [5.41, 5.74) is 6.80. The summed E-state index contributed by atoms with van der Waals surface area (Å²) in [4.78, 5) is 1.26. The molecule has 0 aliphatic carbocycles. The molecule has 1 aromatic rings. The van der Waals surface area contributed by atoms with E-state index in [1.807, 2.05) is 23.9 Å². The van der Waals surface area contributed by atoms with Crippen molar-refractivity contribution in [2.24, 2.45) is 11.7 Å². The minimum Gasteiger partial charge on any atom is -0.326 e. The van der Waals surface area contributed by atoms with Gasteiger partial charge >= 0.3 is 0 Å². The number of halogens is 1. The largest absolute Gasteiger partial charge is 0.326 e. The third kappa shape index (κ3) is 3.52. The van der Waals surface area contributed by atoms with Crippen LogP contribution < -0.4 is 5.73 Å². The predicted molar refractivity (Wildman–Crippen MR) is 64.9 cm³/mol. The van der Waals surface area contributed by atoms with E-state index < -0.39 is 0 Å². The molecule has 2 N–H and O–H groups in total. The zero-order valence-corrected chi connectivity index (χ0v) is 10.2. The summed E-state index contributed by atoms with van der Waals surface area (Å²) in [5, 5.41) is 0.763. The Bertz CT molecular complexity index is 299. The summed E-state index contributed by atoms with van der Waals surface area (Å²) < 4.78 is 0. The van der Waals surface area contributed by atoms with Gasteiger partial charge in [0, 0.05) is 22.2 Å². The van der Waals surface area contributed by atoms with E-state index in [-0.39, 0.29) is 0 Å². The molecule has 0 radical (unpaired) electrons. The van der Waals surface area contributed by atoms with E-state index in [0.717, 1.165) is 16.3 Å². The predicted octanol–water partition coefficient (Wildman–Crippen LogP) is 3.55. The fraction of sp³-hybridized carbons (Fsp3) is 0.455. The maximum Gasteiger partial charge on any atom is 0.0410 e. The van der Waals surface area contributed by atoms with E-state index >= 15 is 0 Å². The zero-order chi connectivity index (χ0) is 10.6. The average molecular weight is 230 g/mol. The summed E-state index contributed by atoms with van der Waals surface area (Å²) in [6.45, 7) is 4.98. The van der Waals surface area contributed by atoms with Crippen LogP contribution in [0, 0.1) is 5.92 Å². The molecule has 0 saturated carbocycles. The molecule has 1 aromatic carbocycles. The van der Waals surface area contributed by atoms with Crippen molar-refractivity contribution in [1.29, 1.82) is 0 Å². The second-order valence-corrected chi connectivity index (χ2v) is 5.16. The smallest absolute Gasteiger partial charge is 0.0410 e. The molecular formula is C11H16ClNS. The molecule has 0 aromatic heterocycles. The van der Waals surface area contributed by atoms with Gasteiger partial charge in [0.1, 0.15) is 0 Å². The number of rotatable bonds is 4. The van der Waals surface area contributed by atoms with Crippen LogP contribution >= 0.6 is 23.4 Å². The van der Waals surface area contributed by atoms with Crippen LogP contribution in [0.5, 0.6) is 0 Å². The first-order chi connectivity index (χ1) is 6.63. The van der Waals surface area contributed by atoms with Crippen LogP contribution in [0.1, 0.15) is 19.4 Å². The van der Waals surface area contributed by atoms with Crippen molar-refractivity contribution < 1.29 is 0 Å². The molecule has 0 aliphatic heterocycles. The third-order valence-corrected chi connectivity index (χ3v) is 3.59. The van der Waals surface area contributed by atoms with Crippen molar-refractivity contribution in [2.45, 2.75) is 25.3 Å². The standard InChI is InChI=1S/C11H16ClNS/c1-8(2)7-14-11-4-3-10(12)5-9(11)6-13/h3-5,8H,6-7,13H2,1-2H3. The molecule has 78 valence electrons. The van der Waals surface area contributed by atoms with Gasteiger partial charge < -0.3 is 5.73 Å². The van der Waals surface area contributed by atoms with Crippen LogP contribution in [0.4, 0.5) is 0 Å². The van der Waals surface area contributed by atoms with E-state index in [4.69, 9.17) is 17.3 Å². The average Bonchev–Trinajstić information content (AvgIpc) is 2.15. The van der Waals surface area contributed by atoms with Gasteiger partial charge in [0.25, 0.3) is 0 Å². The maximum absolute atomic E-state index is 5.89. The van der Waals surface area contributed by atoms with E-state index in [1.165, 1.54) is 4.90 Å². The minimum atomic E-state index is 0.557. The van der Waals surface area contributed by atoms with Gasteiger partial charge in [-0.25, -0.2) is 0 Å². The summed E-state index contributed by atoms with van der Waals surface area (Å²) in [5.74, 6) is 1.82. The minimum absolute atomic E-state index is 0.557. The molecule has 0 fully saturated rings.